The normalized spacial score (nSPS) is 16.5. The number of hydrogen-bond acceptors (Lipinski definition) is 4. The van der Waals surface area contributed by atoms with Crippen LogP contribution in [-0.4, -0.2) is 40.2 Å². The predicted octanol–water partition coefficient (Wildman–Crippen LogP) is 5.45. The number of hydrogen-bond donors (Lipinski definition) is 1. The summed E-state index contributed by atoms with van der Waals surface area (Å²) < 4.78 is 36.7. The number of amides is 1. The van der Waals surface area contributed by atoms with E-state index in [1.807, 2.05) is 35.2 Å². The fraction of sp³-hybridized carbons (Fsp3) is 0.200. The summed E-state index contributed by atoms with van der Waals surface area (Å²) in [5, 5.41) is 0.746. The first kappa shape index (κ1) is 19.7. The molecular weight excluding hydrogens is 428 g/mol. The second-order valence-electron chi connectivity index (χ2n) is 8.20. The first-order valence-electron chi connectivity index (χ1n) is 10.7. The van der Waals surface area contributed by atoms with E-state index in [0.29, 0.717) is 22.3 Å². The first-order valence-corrected chi connectivity index (χ1v) is 10.7. The third-order valence-corrected chi connectivity index (χ3v) is 6.09. The van der Waals surface area contributed by atoms with Crippen molar-refractivity contribution in [1.29, 1.82) is 0 Å². The van der Waals surface area contributed by atoms with Gasteiger partial charge >= 0.3 is 6.29 Å². The fourth-order valence-corrected chi connectivity index (χ4v) is 4.50. The van der Waals surface area contributed by atoms with Crippen LogP contribution in [0.1, 0.15) is 23.2 Å². The number of halogens is 2. The Bertz CT molecular complexity index is 1390. The highest BCUT2D eigenvalue weighted by atomic mass is 19.3. The lowest BCUT2D eigenvalue weighted by atomic mass is 10.00. The van der Waals surface area contributed by atoms with Gasteiger partial charge in [-0.15, -0.1) is 8.78 Å². The summed E-state index contributed by atoms with van der Waals surface area (Å²) in [4.78, 5) is 22.3. The summed E-state index contributed by atoms with van der Waals surface area (Å²) in [7, 11) is 0. The molecule has 2 aromatic heterocycles. The number of nitrogens with one attached hydrogen (secondary N) is 1. The first-order chi connectivity index (χ1) is 16.0. The maximum absolute atomic E-state index is 13.7. The molecule has 4 aromatic rings. The standard InChI is InChI=1S/C25H19F2N3O3/c26-25(27)32-21-8-4-7-18(22(21)33-25)20-14-29-23-19(20)12-17(13-28-23)15-5-3-6-16(11-15)24(31)30-9-1-2-10-30/h3-8,11-14H,1-2,9-10H2,(H,28,29). The lowest BCUT2D eigenvalue weighted by molar-refractivity contribution is -0.286. The largest absolute Gasteiger partial charge is 0.586 e. The van der Waals surface area contributed by atoms with Crippen molar-refractivity contribution in [2.45, 2.75) is 19.1 Å². The maximum Gasteiger partial charge on any atom is 0.586 e. The molecule has 0 atom stereocenters. The summed E-state index contributed by atoms with van der Waals surface area (Å²) >= 11 is 0. The monoisotopic (exact) mass is 447 g/mol. The number of pyridine rings is 1. The van der Waals surface area contributed by atoms with Gasteiger partial charge in [-0.05, 0) is 42.7 Å². The SMILES string of the molecule is O=C(c1cccc(-c2cnc3[nH]cc(-c4cccc5c4OC(F)(F)O5)c3c2)c1)N1CCCC1. The molecule has 0 aliphatic carbocycles. The second-order valence-corrected chi connectivity index (χ2v) is 8.20. The Morgan fingerprint density at radius 2 is 1.82 bits per heavy atom. The Morgan fingerprint density at radius 3 is 2.67 bits per heavy atom. The minimum Gasteiger partial charge on any atom is -0.395 e. The molecule has 1 saturated heterocycles. The van der Waals surface area contributed by atoms with Crippen molar-refractivity contribution < 1.29 is 23.0 Å². The quantitative estimate of drug-likeness (QED) is 0.453. The van der Waals surface area contributed by atoms with Crippen molar-refractivity contribution in [2.24, 2.45) is 0 Å². The smallest absolute Gasteiger partial charge is 0.395 e. The topological polar surface area (TPSA) is 67.5 Å². The number of H-pyrrole nitrogens is 1. The van der Waals surface area contributed by atoms with Gasteiger partial charge in [-0.2, -0.15) is 0 Å². The van der Waals surface area contributed by atoms with Crippen molar-refractivity contribution in [3.8, 4) is 33.8 Å². The number of para-hydroxylation sites is 1. The van der Waals surface area contributed by atoms with Gasteiger partial charge in [0.25, 0.3) is 5.91 Å². The van der Waals surface area contributed by atoms with Crippen LogP contribution in [0.4, 0.5) is 8.78 Å². The molecule has 1 amide bonds. The zero-order valence-corrected chi connectivity index (χ0v) is 17.5. The van der Waals surface area contributed by atoms with Gasteiger partial charge in [0, 0.05) is 53.1 Å². The van der Waals surface area contributed by atoms with E-state index in [1.165, 1.54) is 6.07 Å². The molecule has 2 aliphatic rings. The number of nitrogens with zero attached hydrogens (tertiary/aromatic N) is 2. The van der Waals surface area contributed by atoms with Gasteiger partial charge < -0.3 is 19.4 Å². The van der Waals surface area contributed by atoms with Gasteiger partial charge in [0.1, 0.15) is 5.65 Å². The lowest BCUT2D eigenvalue weighted by Crippen LogP contribution is -2.27. The summed E-state index contributed by atoms with van der Waals surface area (Å²) in [6, 6.07) is 14.2. The summed E-state index contributed by atoms with van der Waals surface area (Å²) in [6.45, 7) is 1.57. The third-order valence-electron chi connectivity index (χ3n) is 6.09. The van der Waals surface area contributed by atoms with Crippen LogP contribution in [0.25, 0.3) is 33.3 Å². The molecule has 1 fully saturated rings. The molecule has 0 bridgehead atoms. The van der Waals surface area contributed by atoms with Crippen LogP contribution in [-0.2, 0) is 0 Å². The number of benzene rings is 2. The van der Waals surface area contributed by atoms with Crippen LogP contribution in [0.3, 0.4) is 0 Å². The molecule has 2 aliphatic heterocycles. The van der Waals surface area contributed by atoms with Gasteiger partial charge in [-0.25, -0.2) is 4.98 Å². The molecule has 6 nitrogen and oxygen atoms in total. The molecule has 8 heteroatoms. The number of fused-ring (bicyclic) bond motifs is 2. The minimum absolute atomic E-state index is 0.00740. The molecule has 0 radical (unpaired) electrons. The number of carbonyl (C=O) groups is 1. The van der Waals surface area contributed by atoms with Crippen LogP contribution in [0.2, 0.25) is 0 Å². The van der Waals surface area contributed by atoms with Crippen molar-refractivity contribution in [1.82, 2.24) is 14.9 Å². The molecular formula is C25H19F2N3O3. The average molecular weight is 447 g/mol. The van der Waals surface area contributed by atoms with Crippen LogP contribution >= 0.6 is 0 Å². The molecule has 33 heavy (non-hydrogen) atoms. The van der Waals surface area contributed by atoms with Gasteiger partial charge in [0.2, 0.25) is 0 Å². The highest BCUT2D eigenvalue weighted by Crippen LogP contribution is 2.48. The summed E-state index contributed by atoms with van der Waals surface area (Å²) in [6.07, 6.45) is 1.81. The van der Waals surface area contributed by atoms with Crippen molar-refractivity contribution >= 4 is 16.9 Å². The predicted molar refractivity (Wildman–Crippen MR) is 118 cm³/mol. The zero-order valence-electron chi connectivity index (χ0n) is 17.5. The number of alkyl halides is 2. The van der Waals surface area contributed by atoms with Gasteiger partial charge in [0.05, 0.1) is 0 Å². The number of rotatable bonds is 3. The van der Waals surface area contributed by atoms with E-state index in [-0.39, 0.29) is 17.4 Å². The fourth-order valence-electron chi connectivity index (χ4n) is 4.50. The summed E-state index contributed by atoms with van der Waals surface area (Å²) in [5.74, 6) is 0.0137. The maximum atomic E-state index is 13.7. The van der Waals surface area contributed by atoms with Crippen LogP contribution < -0.4 is 9.47 Å². The van der Waals surface area contributed by atoms with E-state index in [9.17, 15) is 13.6 Å². The molecule has 0 unspecified atom stereocenters. The molecule has 166 valence electrons. The van der Waals surface area contributed by atoms with E-state index in [0.717, 1.165) is 42.4 Å². The lowest BCUT2D eigenvalue weighted by Gasteiger charge is -2.15. The number of carbonyl (C=O) groups excluding carboxylic acids is 1. The van der Waals surface area contributed by atoms with Crippen molar-refractivity contribution in [3.05, 3.63) is 66.5 Å². The van der Waals surface area contributed by atoms with Gasteiger partial charge in [-0.3, -0.25) is 4.79 Å². The Labute approximate surface area is 187 Å². The van der Waals surface area contributed by atoms with Crippen LogP contribution in [0, 0.1) is 0 Å². The number of likely N-dealkylation sites (tertiary alicyclic amines) is 1. The number of aromatic nitrogens is 2. The number of aromatic amines is 1. The molecule has 0 spiro atoms. The highest BCUT2D eigenvalue weighted by molar-refractivity contribution is 5.99. The molecule has 0 saturated carbocycles. The van der Waals surface area contributed by atoms with E-state index in [1.54, 1.807) is 24.5 Å². The van der Waals surface area contributed by atoms with E-state index in [2.05, 4.69) is 14.7 Å². The molecule has 4 heterocycles. The number of ether oxygens (including phenoxy) is 2. The average Bonchev–Trinajstić information content (AvgIpc) is 3.55. The van der Waals surface area contributed by atoms with Crippen LogP contribution in [0.15, 0.2) is 60.9 Å². The van der Waals surface area contributed by atoms with E-state index < -0.39 is 6.29 Å². The third kappa shape index (κ3) is 3.38. The Kier molecular flexibility index (Phi) is 4.36. The van der Waals surface area contributed by atoms with Gasteiger partial charge in [-0.1, -0.05) is 24.3 Å². The summed E-state index contributed by atoms with van der Waals surface area (Å²) in [5.41, 5.74) is 4.06. The Morgan fingerprint density at radius 1 is 1.00 bits per heavy atom. The minimum atomic E-state index is -3.70. The zero-order chi connectivity index (χ0) is 22.6. The highest BCUT2D eigenvalue weighted by Gasteiger charge is 2.44. The Hall–Kier alpha value is -3.94. The second kappa shape index (κ2) is 7.30. The van der Waals surface area contributed by atoms with E-state index >= 15 is 0 Å². The molecule has 6 rings (SSSR count). The van der Waals surface area contributed by atoms with E-state index in [4.69, 9.17) is 4.74 Å². The Balaban J connectivity index is 1.41. The van der Waals surface area contributed by atoms with Crippen molar-refractivity contribution in [2.75, 3.05) is 13.1 Å². The molecule has 2 aromatic carbocycles. The van der Waals surface area contributed by atoms with Crippen molar-refractivity contribution in [3.63, 3.8) is 0 Å². The molecule has 1 N–H and O–H groups in total. The van der Waals surface area contributed by atoms with Gasteiger partial charge in [0.15, 0.2) is 11.5 Å². The van der Waals surface area contributed by atoms with Crippen LogP contribution in [0.5, 0.6) is 11.5 Å².